The minimum atomic E-state index is -0.435. The zero-order valence-corrected chi connectivity index (χ0v) is 15.3. The maximum absolute atomic E-state index is 11.1. The van der Waals surface area contributed by atoms with Crippen molar-refractivity contribution in [2.45, 2.75) is 19.4 Å². The fraction of sp³-hybridized carbons (Fsp3) is 0.400. The number of rotatable bonds is 6. The Balaban J connectivity index is 1.73. The van der Waals surface area contributed by atoms with Crippen molar-refractivity contribution in [3.05, 3.63) is 56.6 Å². The Morgan fingerprint density at radius 2 is 2.12 bits per heavy atom. The molecule has 0 bridgehead atoms. The Kier molecular flexibility index (Phi) is 6.34. The van der Waals surface area contributed by atoms with Crippen LogP contribution in [-0.4, -0.2) is 56.9 Å². The van der Waals surface area contributed by atoms with E-state index in [9.17, 15) is 5.21 Å². The number of hydrogen-bond acceptors (Lipinski definition) is 9. The van der Waals surface area contributed by atoms with Crippen LogP contribution in [0.1, 0.15) is 10.4 Å². The summed E-state index contributed by atoms with van der Waals surface area (Å²) in [5.74, 6) is 0. The van der Waals surface area contributed by atoms with Crippen LogP contribution in [-0.2, 0) is 13.1 Å². The number of thiazole rings is 1. The van der Waals surface area contributed by atoms with Crippen molar-refractivity contribution < 1.29 is 5.21 Å². The molecule has 2 N–H and O–H groups in total. The molecule has 1 aliphatic heterocycles. The molecule has 1 aromatic heterocycles. The van der Waals surface area contributed by atoms with Gasteiger partial charge in [-0.3, -0.25) is 14.7 Å². The van der Waals surface area contributed by atoms with Crippen LogP contribution in [0, 0.1) is 5.21 Å². The zero-order chi connectivity index (χ0) is 17.8. The summed E-state index contributed by atoms with van der Waals surface area (Å²) < 4.78 is 0.485. The van der Waals surface area contributed by atoms with E-state index in [4.69, 9.17) is 16.8 Å². The van der Waals surface area contributed by atoms with E-state index in [1.54, 1.807) is 6.20 Å². The van der Waals surface area contributed by atoms with Gasteiger partial charge >= 0.3 is 0 Å². The second-order valence-corrected chi connectivity index (χ2v) is 7.65. The number of benzene rings is 1. The zero-order valence-electron chi connectivity index (χ0n) is 13.7. The number of hydrazine groups is 1. The van der Waals surface area contributed by atoms with Crippen LogP contribution in [0.25, 0.3) is 0 Å². The molecule has 0 aliphatic carbocycles. The van der Waals surface area contributed by atoms with Crippen molar-refractivity contribution in [1.29, 1.82) is 0 Å². The first-order valence-corrected chi connectivity index (χ1v) is 8.94. The van der Waals surface area contributed by atoms with Crippen molar-refractivity contribution in [2.24, 2.45) is 0 Å². The third-order valence-corrected chi connectivity index (χ3v) is 5.03. The van der Waals surface area contributed by atoms with Crippen LogP contribution >= 0.6 is 22.9 Å². The molecule has 1 fully saturated rings. The lowest BCUT2D eigenvalue weighted by Crippen LogP contribution is -2.66. The van der Waals surface area contributed by atoms with Crippen LogP contribution in [0.3, 0.4) is 0 Å². The first-order chi connectivity index (χ1) is 12.0. The second kappa shape index (κ2) is 8.49. The van der Waals surface area contributed by atoms with E-state index in [1.807, 2.05) is 35.0 Å². The highest BCUT2D eigenvalue weighted by Gasteiger charge is 2.31. The quantitative estimate of drug-likeness (QED) is 0.732. The molecule has 3 rings (SSSR count). The molecule has 1 aromatic carbocycles. The van der Waals surface area contributed by atoms with E-state index in [0.717, 1.165) is 11.4 Å². The van der Waals surface area contributed by atoms with Gasteiger partial charge in [0.2, 0.25) is 0 Å². The third-order valence-electron chi connectivity index (χ3n) is 3.93. The van der Waals surface area contributed by atoms with Gasteiger partial charge in [-0.1, -0.05) is 41.9 Å². The molecule has 1 aliphatic rings. The van der Waals surface area contributed by atoms with Gasteiger partial charge in [0, 0.05) is 24.2 Å². The molecular weight excluding hydrogens is 364 g/mol. The summed E-state index contributed by atoms with van der Waals surface area (Å²) in [4.78, 5) is 11.3. The van der Waals surface area contributed by atoms with Gasteiger partial charge < -0.3 is 10.4 Å². The smallest absolute Gasteiger partial charge is 0.183 e. The summed E-state index contributed by atoms with van der Waals surface area (Å²) in [6, 6.07) is 10.2. The Morgan fingerprint density at radius 1 is 1.36 bits per heavy atom. The van der Waals surface area contributed by atoms with Gasteiger partial charge in [-0.25, -0.2) is 10.4 Å². The molecule has 1 saturated heterocycles. The van der Waals surface area contributed by atoms with E-state index < -0.39 is 6.29 Å². The van der Waals surface area contributed by atoms with Crippen LogP contribution < -0.4 is 5.43 Å². The number of nitrogens with zero attached hydrogens (tertiary/aromatic N) is 5. The van der Waals surface area contributed by atoms with Crippen molar-refractivity contribution in [1.82, 2.24) is 30.4 Å². The van der Waals surface area contributed by atoms with Gasteiger partial charge in [-0.2, -0.15) is 5.34 Å². The summed E-state index contributed by atoms with van der Waals surface area (Å²) in [5.41, 5.74) is 3.72. The SMILES string of the molecule is CN1CN(Cc2ccccc2)CN(Cc2cnc(Cl)s2)C1NN([O-])O. The Morgan fingerprint density at radius 3 is 2.76 bits per heavy atom. The van der Waals surface area contributed by atoms with Gasteiger partial charge in [0.05, 0.1) is 13.3 Å². The maximum atomic E-state index is 11.1. The summed E-state index contributed by atoms with van der Waals surface area (Å²) in [7, 11) is 1.89. The Labute approximate surface area is 155 Å². The topological polar surface area (TPSA) is 81.2 Å². The van der Waals surface area contributed by atoms with Gasteiger partial charge in [0.25, 0.3) is 0 Å². The summed E-state index contributed by atoms with van der Waals surface area (Å²) in [5, 5.41) is 19.9. The highest BCUT2D eigenvalue weighted by atomic mass is 35.5. The molecule has 8 nitrogen and oxygen atoms in total. The third kappa shape index (κ3) is 5.17. The molecule has 2 aromatic rings. The summed E-state index contributed by atoms with van der Waals surface area (Å²) >= 11 is 7.32. The first kappa shape index (κ1) is 18.6. The molecule has 0 saturated carbocycles. The van der Waals surface area contributed by atoms with E-state index in [2.05, 4.69) is 27.4 Å². The lowest BCUT2D eigenvalue weighted by atomic mass is 10.2. The van der Waals surface area contributed by atoms with Gasteiger partial charge in [-0.05, 0) is 12.6 Å². The monoisotopic (exact) mass is 383 g/mol. The van der Waals surface area contributed by atoms with Crippen LogP contribution in [0.4, 0.5) is 0 Å². The van der Waals surface area contributed by atoms with E-state index in [-0.39, 0.29) is 5.34 Å². The highest BCUT2D eigenvalue weighted by Crippen LogP contribution is 2.23. The lowest BCUT2D eigenvalue weighted by molar-refractivity contribution is -0.180. The van der Waals surface area contributed by atoms with Crippen LogP contribution in [0.5, 0.6) is 0 Å². The molecule has 25 heavy (non-hydrogen) atoms. The predicted octanol–water partition coefficient (Wildman–Crippen LogP) is 1.94. The van der Waals surface area contributed by atoms with Crippen molar-refractivity contribution >= 4 is 22.9 Å². The fourth-order valence-corrected chi connectivity index (χ4v) is 3.97. The Bertz CT molecular complexity index is 673. The molecule has 0 amide bonds. The molecule has 1 atom stereocenters. The molecule has 2 heterocycles. The summed E-state index contributed by atoms with van der Waals surface area (Å²) in [6.45, 7) is 2.63. The molecule has 0 spiro atoms. The van der Waals surface area contributed by atoms with Crippen molar-refractivity contribution in [3.63, 3.8) is 0 Å². The average molecular weight is 384 g/mol. The second-order valence-electron chi connectivity index (χ2n) is 5.96. The molecule has 0 radical (unpaired) electrons. The Hall–Kier alpha value is -1.14. The first-order valence-electron chi connectivity index (χ1n) is 7.74. The van der Waals surface area contributed by atoms with Crippen LogP contribution in [0.15, 0.2) is 36.5 Å². The molecular formula is C15H20ClN6O2S-. The molecule has 1 unspecified atom stereocenters. The lowest BCUT2D eigenvalue weighted by Gasteiger charge is -2.48. The highest BCUT2D eigenvalue weighted by molar-refractivity contribution is 7.15. The van der Waals surface area contributed by atoms with Gasteiger partial charge in [0.15, 0.2) is 4.47 Å². The van der Waals surface area contributed by atoms with E-state index >= 15 is 0 Å². The fourth-order valence-electron chi connectivity index (χ4n) is 2.96. The van der Waals surface area contributed by atoms with Crippen molar-refractivity contribution in [3.8, 4) is 0 Å². The van der Waals surface area contributed by atoms with Gasteiger partial charge in [-0.15, -0.1) is 11.3 Å². The molecule has 10 heteroatoms. The number of hydrogen-bond donors (Lipinski definition) is 2. The predicted molar refractivity (Wildman–Crippen MR) is 96.1 cm³/mol. The van der Waals surface area contributed by atoms with Crippen LogP contribution in [0.2, 0.25) is 4.47 Å². The number of nitrogens with one attached hydrogen (secondary N) is 1. The number of aromatic nitrogens is 1. The van der Waals surface area contributed by atoms with E-state index in [1.165, 1.54) is 16.9 Å². The minimum Gasteiger partial charge on any atom is -0.748 e. The molecule has 136 valence electrons. The maximum Gasteiger partial charge on any atom is 0.183 e. The minimum absolute atomic E-state index is 0.249. The van der Waals surface area contributed by atoms with E-state index in [0.29, 0.717) is 24.3 Å². The largest absolute Gasteiger partial charge is 0.748 e. The average Bonchev–Trinajstić information content (AvgIpc) is 2.96. The van der Waals surface area contributed by atoms with Crippen molar-refractivity contribution in [2.75, 3.05) is 20.4 Å². The summed E-state index contributed by atoms with van der Waals surface area (Å²) in [6.07, 6.45) is 1.30. The number of halogens is 1. The standard InChI is InChI=1S/C15H20ClN6O2S/c1-19-10-20(8-12-5-3-2-4-6-12)11-21(15(19)18-22(23)24)9-13-7-17-14(16)25-13/h2-7,15,18,23H,8-11H2,1H3/q-1. The normalized spacial score (nSPS) is 20.4. The van der Waals surface area contributed by atoms with Gasteiger partial charge in [0.1, 0.15) is 6.29 Å².